The number of halogens is 1. The van der Waals surface area contributed by atoms with Crippen LogP contribution in [0.25, 0.3) is 10.9 Å². The van der Waals surface area contributed by atoms with Crippen molar-refractivity contribution in [3.8, 4) is 5.75 Å². The largest absolute Gasteiger partial charge is 0.487 e. The van der Waals surface area contributed by atoms with Gasteiger partial charge in [-0.25, -0.2) is 4.98 Å². The molecule has 2 aromatic carbocycles. The van der Waals surface area contributed by atoms with Gasteiger partial charge in [0.1, 0.15) is 12.4 Å². The lowest BCUT2D eigenvalue weighted by Gasteiger charge is -2.17. The number of rotatable bonds is 12. The Kier molecular flexibility index (Phi) is 9.72. The van der Waals surface area contributed by atoms with Gasteiger partial charge in [0.2, 0.25) is 5.91 Å². The Labute approximate surface area is 206 Å². The molecule has 0 bridgehead atoms. The van der Waals surface area contributed by atoms with Crippen LogP contribution in [0, 0.1) is 0 Å². The summed E-state index contributed by atoms with van der Waals surface area (Å²) >= 11 is 9.26. The van der Waals surface area contributed by atoms with Gasteiger partial charge in [-0.3, -0.25) is 9.59 Å². The average molecular weight is 505 g/mol. The van der Waals surface area contributed by atoms with Crippen molar-refractivity contribution in [2.45, 2.75) is 24.0 Å². The van der Waals surface area contributed by atoms with Crippen molar-refractivity contribution < 1.29 is 19.4 Å². The van der Waals surface area contributed by atoms with Crippen molar-refractivity contribution in [3.63, 3.8) is 0 Å². The molecule has 3 rings (SSSR count). The molecule has 0 aliphatic carbocycles. The SMILES string of the molecule is CNC(=O)CCSC(SCCC(=O)O)c1cccc(OCc2ccc3ccc(Cl)cc3n2)c1. The predicted molar refractivity (Wildman–Crippen MR) is 136 cm³/mol. The number of hydrogen-bond donors (Lipinski definition) is 2. The smallest absolute Gasteiger partial charge is 0.304 e. The van der Waals surface area contributed by atoms with E-state index in [1.54, 1.807) is 30.6 Å². The van der Waals surface area contributed by atoms with Crippen molar-refractivity contribution in [1.29, 1.82) is 0 Å². The van der Waals surface area contributed by atoms with E-state index in [9.17, 15) is 9.59 Å². The minimum Gasteiger partial charge on any atom is -0.487 e. The van der Waals surface area contributed by atoms with E-state index in [2.05, 4.69) is 10.3 Å². The second-order valence-corrected chi connectivity index (χ2v) is 10.3. The molecule has 1 amide bonds. The van der Waals surface area contributed by atoms with Gasteiger partial charge in [0.05, 0.1) is 22.2 Å². The first-order valence-electron chi connectivity index (χ1n) is 10.4. The van der Waals surface area contributed by atoms with Gasteiger partial charge in [-0.15, -0.1) is 23.5 Å². The van der Waals surface area contributed by atoms with Gasteiger partial charge in [0.15, 0.2) is 0 Å². The molecule has 1 heterocycles. The minimum absolute atomic E-state index is 0.00140. The maximum absolute atomic E-state index is 11.6. The Morgan fingerprint density at radius 3 is 2.61 bits per heavy atom. The van der Waals surface area contributed by atoms with E-state index in [1.165, 1.54) is 0 Å². The summed E-state index contributed by atoms with van der Waals surface area (Å²) in [5.74, 6) is 0.993. The third-order valence-corrected chi connectivity index (χ3v) is 7.77. The van der Waals surface area contributed by atoms with E-state index >= 15 is 0 Å². The Morgan fingerprint density at radius 1 is 1.09 bits per heavy atom. The molecule has 0 aliphatic rings. The molecule has 9 heteroatoms. The lowest BCUT2D eigenvalue weighted by atomic mass is 10.2. The fraction of sp³-hybridized carbons (Fsp3) is 0.292. The van der Waals surface area contributed by atoms with Gasteiger partial charge in [-0.2, -0.15) is 0 Å². The maximum Gasteiger partial charge on any atom is 0.304 e. The molecular formula is C24H25ClN2O4S2. The number of carboxylic acid groups (broad SMARTS) is 1. The van der Waals surface area contributed by atoms with Crippen LogP contribution in [-0.4, -0.2) is 40.5 Å². The number of carboxylic acids is 1. The molecule has 1 unspecified atom stereocenters. The number of benzene rings is 2. The first-order valence-corrected chi connectivity index (χ1v) is 12.9. The van der Waals surface area contributed by atoms with E-state index in [1.807, 2.05) is 54.6 Å². The van der Waals surface area contributed by atoms with E-state index in [-0.39, 0.29) is 16.9 Å². The van der Waals surface area contributed by atoms with Gasteiger partial charge in [-0.1, -0.05) is 35.9 Å². The molecule has 33 heavy (non-hydrogen) atoms. The lowest BCUT2D eigenvalue weighted by Crippen LogP contribution is -2.18. The number of aliphatic carboxylic acids is 1. The second kappa shape index (κ2) is 12.7. The monoisotopic (exact) mass is 504 g/mol. The van der Waals surface area contributed by atoms with E-state index < -0.39 is 5.97 Å². The van der Waals surface area contributed by atoms with Crippen molar-refractivity contribution in [1.82, 2.24) is 10.3 Å². The highest BCUT2D eigenvalue weighted by molar-refractivity contribution is 8.16. The van der Waals surface area contributed by atoms with Crippen LogP contribution in [-0.2, 0) is 16.2 Å². The molecule has 3 aromatic rings. The molecule has 6 nitrogen and oxygen atoms in total. The Bertz CT molecular complexity index is 1110. The molecule has 0 saturated heterocycles. The topological polar surface area (TPSA) is 88.5 Å². The molecule has 0 fully saturated rings. The summed E-state index contributed by atoms with van der Waals surface area (Å²) in [4.78, 5) is 27.1. The maximum atomic E-state index is 11.6. The molecular weight excluding hydrogens is 480 g/mol. The van der Waals surface area contributed by atoms with Crippen LogP contribution in [0.3, 0.4) is 0 Å². The van der Waals surface area contributed by atoms with E-state index in [0.29, 0.717) is 35.3 Å². The van der Waals surface area contributed by atoms with Crippen LogP contribution in [0.2, 0.25) is 5.02 Å². The number of amides is 1. The number of carbonyl (C=O) groups is 2. The Morgan fingerprint density at radius 2 is 1.85 bits per heavy atom. The molecule has 0 spiro atoms. The summed E-state index contributed by atoms with van der Waals surface area (Å²) in [6.07, 6.45) is 0.496. The average Bonchev–Trinajstić information content (AvgIpc) is 2.81. The fourth-order valence-electron chi connectivity index (χ4n) is 3.00. The summed E-state index contributed by atoms with van der Waals surface area (Å²) in [5, 5.41) is 13.3. The number of hydrogen-bond acceptors (Lipinski definition) is 6. The highest BCUT2D eigenvalue weighted by Crippen LogP contribution is 2.41. The van der Waals surface area contributed by atoms with Gasteiger partial charge in [0, 0.05) is 35.4 Å². The molecule has 174 valence electrons. The normalized spacial score (nSPS) is 11.8. The molecule has 0 aliphatic heterocycles. The number of aromatic nitrogens is 1. The zero-order valence-corrected chi connectivity index (χ0v) is 20.5. The molecule has 1 aromatic heterocycles. The minimum atomic E-state index is -0.821. The van der Waals surface area contributed by atoms with Crippen LogP contribution < -0.4 is 10.1 Å². The number of fused-ring (bicyclic) bond motifs is 1. The Balaban J connectivity index is 1.67. The molecule has 0 radical (unpaired) electrons. The molecule has 2 N–H and O–H groups in total. The summed E-state index contributed by atoms with van der Waals surface area (Å²) < 4.78 is 5.99. The number of ether oxygens (including phenoxy) is 1. The summed E-state index contributed by atoms with van der Waals surface area (Å²) in [5.41, 5.74) is 2.63. The predicted octanol–water partition coefficient (Wildman–Crippen LogP) is 5.54. The second-order valence-electron chi connectivity index (χ2n) is 7.14. The number of pyridine rings is 1. The third-order valence-electron chi connectivity index (χ3n) is 4.69. The van der Waals surface area contributed by atoms with E-state index in [0.717, 1.165) is 22.2 Å². The third kappa shape index (κ3) is 8.14. The van der Waals surface area contributed by atoms with E-state index in [4.69, 9.17) is 21.4 Å². The zero-order chi connectivity index (χ0) is 23.6. The fourth-order valence-corrected chi connectivity index (χ4v) is 5.83. The number of nitrogens with one attached hydrogen (secondary N) is 1. The number of nitrogens with zero attached hydrogens (tertiary/aromatic N) is 1. The first-order chi connectivity index (χ1) is 15.9. The zero-order valence-electron chi connectivity index (χ0n) is 18.1. The van der Waals surface area contributed by atoms with Crippen molar-refractivity contribution in [2.75, 3.05) is 18.6 Å². The number of carbonyl (C=O) groups excluding carboxylic acids is 1. The highest BCUT2D eigenvalue weighted by Gasteiger charge is 2.15. The van der Waals surface area contributed by atoms with Gasteiger partial charge < -0.3 is 15.2 Å². The van der Waals surface area contributed by atoms with Crippen LogP contribution >= 0.6 is 35.1 Å². The molecule has 0 saturated carbocycles. The van der Waals surface area contributed by atoms with Crippen LogP contribution in [0.1, 0.15) is 28.7 Å². The van der Waals surface area contributed by atoms with Crippen molar-refractivity contribution in [3.05, 3.63) is 70.9 Å². The number of thioether (sulfide) groups is 2. The highest BCUT2D eigenvalue weighted by atomic mass is 35.5. The van der Waals surface area contributed by atoms with Gasteiger partial charge >= 0.3 is 5.97 Å². The molecule has 1 atom stereocenters. The van der Waals surface area contributed by atoms with Crippen LogP contribution in [0.15, 0.2) is 54.6 Å². The summed E-state index contributed by atoms with van der Waals surface area (Å²) in [7, 11) is 1.62. The van der Waals surface area contributed by atoms with Crippen molar-refractivity contribution >= 4 is 57.9 Å². The summed E-state index contributed by atoms with van der Waals surface area (Å²) in [6, 6.07) is 17.3. The van der Waals surface area contributed by atoms with Crippen molar-refractivity contribution in [2.24, 2.45) is 0 Å². The Hall–Kier alpha value is -2.42. The van der Waals surface area contributed by atoms with Gasteiger partial charge in [-0.05, 0) is 35.9 Å². The van der Waals surface area contributed by atoms with Crippen LogP contribution in [0.5, 0.6) is 5.75 Å². The summed E-state index contributed by atoms with van der Waals surface area (Å²) in [6.45, 7) is 0.312. The first kappa shape index (κ1) is 25.2. The van der Waals surface area contributed by atoms with Crippen LogP contribution in [0.4, 0.5) is 0 Å². The lowest BCUT2D eigenvalue weighted by molar-refractivity contribution is -0.136. The standard InChI is InChI=1S/C24H25ClN2O4S2/c1-26-22(28)9-11-32-24(33-12-10-23(29)30)17-3-2-4-20(13-17)31-15-19-8-6-16-5-7-18(25)14-21(16)27-19/h2-8,13-14,24H,9-12,15H2,1H3,(H,26,28)(H,29,30). The quantitative estimate of drug-likeness (QED) is 0.313. The van der Waals surface area contributed by atoms with Gasteiger partial charge in [0.25, 0.3) is 0 Å².